The Morgan fingerprint density at radius 1 is 1.11 bits per heavy atom. The van der Waals surface area contributed by atoms with Crippen LogP contribution in [-0.2, 0) is 9.47 Å². The molecule has 0 N–H and O–H groups in total. The lowest BCUT2D eigenvalue weighted by molar-refractivity contribution is -0.233. The summed E-state index contributed by atoms with van der Waals surface area (Å²) in [5, 5.41) is 0. The zero-order valence-electron chi connectivity index (χ0n) is 10.4. The van der Waals surface area contributed by atoms with Gasteiger partial charge in [-0.3, -0.25) is 0 Å². The third-order valence-electron chi connectivity index (χ3n) is 4.57. The predicted octanol–water partition coefficient (Wildman–Crippen LogP) is 3.99. The highest BCUT2D eigenvalue weighted by Gasteiger charge is 2.64. The monoisotopic (exact) mass is 374 g/mol. The first-order chi connectivity index (χ1) is 8.65. The van der Waals surface area contributed by atoms with Crippen LogP contribution in [0.2, 0.25) is 0 Å². The van der Waals surface area contributed by atoms with Gasteiger partial charge >= 0.3 is 0 Å². The Hall–Kier alpha value is 0.1000. The summed E-state index contributed by atoms with van der Waals surface area (Å²) in [6.07, 6.45) is 9.90. The SMILES string of the molecule is COC1(OC)C2CC(C3C=CC=C3)C1C(Br)=C2Br. The Bertz CT molecular complexity index is 437. The second-order valence-electron chi connectivity index (χ2n) is 5.10. The van der Waals surface area contributed by atoms with Crippen molar-refractivity contribution in [2.24, 2.45) is 23.7 Å². The Morgan fingerprint density at radius 3 is 2.22 bits per heavy atom. The van der Waals surface area contributed by atoms with Crippen molar-refractivity contribution >= 4 is 31.9 Å². The Kier molecular flexibility index (Phi) is 3.34. The maximum Gasteiger partial charge on any atom is 0.182 e. The van der Waals surface area contributed by atoms with Crippen molar-refractivity contribution in [2.75, 3.05) is 14.2 Å². The molecule has 0 aromatic heterocycles. The highest BCUT2D eigenvalue weighted by molar-refractivity contribution is 9.14. The smallest absolute Gasteiger partial charge is 0.182 e. The van der Waals surface area contributed by atoms with E-state index < -0.39 is 5.79 Å². The number of rotatable bonds is 3. The van der Waals surface area contributed by atoms with Gasteiger partial charge in [-0.15, -0.1) is 0 Å². The summed E-state index contributed by atoms with van der Waals surface area (Å²) < 4.78 is 14.0. The van der Waals surface area contributed by atoms with Crippen LogP contribution in [0, 0.1) is 23.7 Å². The molecule has 0 aromatic rings. The predicted molar refractivity (Wildman–Crippen MR) is 78.5 cm³/mol. The van der Waals surface area contributed by atoms with Crippen molar-refractivity contribution in [3.05, 3.63) is 33.3 Å². The van der Waals surface area contributed by atoms with Gasteiger partial charge < -0.3 is 9.47 Å². The molecule has 1 saturated carbocycles. The van der Waals surface area contributed by atoms with Crippen molar-refractivity contribution in [2.45, 2.75) is 12.2 Å². The number of hydrogen-bond acceptors (Lipinski definition) is 2. The van der Waals surface area contributed by atoms with E-state index in [9.17, 15) is 0 Å². The van der Waals surface area contributed by atoms with Crippen LogP contribution < -0.4 is 0 Å². The van der Waals surface area contributed by atoms with Crippen LogP contribution in [-0.4, -0.2) is 20.0 Å². The molecule has 0 aliphatic heterocycles. The van der Waals surface area contributed by atoms with Gasteiger partial charge in [-0.2, -0.15) is 0 Å². The quantitative estimate of drug-likeness (QED) is 0.694. The number of hydrogen-bond donors (Lipinski definition) is 0. The molecule has 3 aliphatic carbocycles. The van der Waals surface area contributed by atoms with Gasteiger partial charge in [-0.1, -0.05) is 56.2 Å². The van der Waals surface area contributed by atoms with E-state index in [1.54, 1.807) is 14.2 Å². The summed E-state index contributed by atoms with van der Waals surface area (Å²) in [6.45, 7) is 0. The molecule has 1 fully saturated rings. The van der Waals surface area contributed by atoms with E-state index in [0.717, 1.165) is 6.42 Å². The van der Waals surface area contributed by atoms with Crippen LogP contribution in [0.15, 0.2) is 33.3 Å². The average molecular weight is 376 g/mol. The Morgan fingerprint density at radius 2 is 1.72 bits per heavy atom. The average Bonchev–Trinajstić information content (AvgIpc) is 3.04. The van der Waals surface area contributed by atoms with Crippen LogP contribution >= 0.6 is 31.9 Å². The molecule has 3 rings (SSSR count). The first-order valence-electron chi connectivity index (χ1n) is 6.16. The maximum absolute atomic E-state index is 5.79. The van der Waals surface area contributed by atoms with Crippen LogP contribution in [0.1, 0.15) is 6.42 Å². The van der Waals surface area contributed by atoms with Crippen LogP contribution in [0.3, 0.4) is 0 Å². The lowest BCUT2D eigenvalue weighted by atomic mass is 9.82. The van der Waals surface area contributed by atoms with Crippen molar-refractivity contribution in [1.29, 1.82) is 0 Å². The topological polar surface area (TPSA) is 18.5 Å². The molecule has 3 aliphatic rings. The zero-order valence-corrected chi connectivity index (χ0v) is 13.6. The van der Waals surface area contributed by atoms with E-state index in [4.69, 9.17) is 9.47 Å². The number of methoxy groups -OCH3 is 2. The summed E-state index contributed by atoms with van der Waals surface area (Å²) in [6, 6.07) is 0. The van der Waals surface area contributed by atoms with E-state index >= 15 is 0 Å². The minimum Gasteiger partial charge on any atom is -0.352 e. The molecule has 3 atom stereocenters. The molecule has 0 amide bonds. The van der Waals surface area contributed by atoms with Gasteiger partial charge in [0.2, 0.25) is 0 Å². The summed E-state index contributed by atoms with van der Waals surface area (Å²) in [7, 11) is 3.50. The van der Waals surface area contributed by atoms with Crippen molar-refractivity contribution in [1.82, 2.24) is 0 Å². The molecule has 4 heteroatoms. The summed E-state index contributed by atoms with van der Waals surface area (Å²) in [5.74, 6) is 1.09. The second kappa shape index (κ2) is 4.58. The first kappa shape index (κ1) is 13.1. The summed E-state index contributed by atoms with van der Waals surface area (Å²) in [4.78, 5) is 0. The summed E-state index contributed by atoms with van der Waals surface area (Å²) >= 11 is 7.42. The van der Waals surface area contributed by atoms with Crippen molar-refractivity contribution < 1.29 is 9.47 Å². The number of halogens is 2. The molecule has 98 valence electrons. The van der Waals surface area contributed by atoms with Crippen molar-refractivity contribution in [3.8, 4) is 0 Å². The van der Waals surface area contributed by atoms with Crippen LogP contribution in [0.25, 0.3) is 0 Å². The normalized spacial score (nSPS) is 37.2. The first-order valence-corrected chi connectivity index (χ1v) is 7.74. The number of fused-ring (bicyclic) bond motifs is 2. The Balaban J connectivity index is 2.00. The van der Waals surface area contributed by atoms with Gasteiger partial charge in [0.05, 0.1) is 0 Å². The molecule has 0 radical (unpaired) electrons. The summed E-state index contributed by atoms with van der Waals surface area (Å²) in [5.41, 5.74) is 0. The molecular weight excluding hydrogens is 360 g/mol. The number of allylic oxidation sites excluding steroid dienone is 4. The highest BCUT2D eigenvalue weighted by atomic mass is 79.9. The lowest BCUT2D eigenvalue weighted by Crippen LogP contribution is -2.41. The standard InChI is InChI=1S/C14H16Br2O2/c1-17-14(18-2)10-7-9(8-5-3-4-6-8)11(14)13(16)12(10)15/h3-6,8-11H,7H2,1-2H3. The minimum absolute atomic E-state index is 0.268. The largest absolute Gasteiger partial charge is 0.352 e. The van der Waals surface area contributed by atoms with E-state index in [-0.39, 0.29) is 5.92 Å². The fraction of sp³-hybridized carbons (Fsp3) is 0.571. The molecular formula is C14H16Br2O2. The fourth-order valence-electron chi connectivity index (χ4n) is 3.78. The van der Waals surface area contributed by atoms with Gasteiger partial charge in [-0.25, -0.2) is 0 Å². The molecule has 2 bridgehead atoms. The van der Waals surface area contributed by atoms with Crippen LogP contribution in [0.4, 0.5) is 0 Å². The van der Waals surface area contributed by atoms with Crippen LogP contribution in [0.5, 0.6) is 0 Å². The van der Waals surface area contributed by atoms with Gasteiger partial charge in [0.25, 0.3) is 0 Å². The molecule has 2 nitrogen and oxygen atoms in total. The maximum atomic E-state index is 5.79. The fourth-order valence-corrected chi connectivity index (χ4v) is 5.47. The number of ether oxygens (including phenoxy) is 2. The van der Waals surface area contributed by atoms with E-state index in [2.05, 4.69) is 56.2 Å². The van der Waals surface area contributed by atoms with E-state index in [1.807, 2.05) is 0 Å². The van der Waals surface area contributed by atoms with Gasteiger partial charge in [-0.05, 0) is 18.3 Å². The van der Waals surface area contributed by atoms with E-state index in [1.165, 1.54) is 8.96 Å². The molecule has 3 unspecified atom stereocenters. The molecule has 0 saturated heterocycles. The minimum atomic E-state index is -0.507. The lowest BCUT2D eigenvalue weighted by Gasteiger charge is -2.34. The Labute approximate surface area is 124 Å². The van der Waals surface area contributed by atoms with E-state index in [0.29, 0.717) is 17.8 Å². The molecule has 18 heavy (non-hydrogen) atoms. The third kappa shape index (κ3) is 1.52. The molecule has 0 aromatic carbocycles. The third-order valence-corrected chi connectivity index (χ3v) is 7.00. The highest BCUT2D eigenvalue weighted by Crippen LogP contribution is 2.64. The van der Waals surface area contributed by atoms with Crippen molar-refractivity contribution in [3.63, 3.8) is 0 Å². The molecule has 0 spiro atoms. The zero-order chi connectivity index (χ0) is 12.9. The van der Waals surface area contributed by atoms with Gasteiger partial charge in [0, 0.05) is 35.0 Å². The van der Waals surface area contributed by atoms with Gasteiger partial charge in [0.1, 0.15) is 0 Å². The molecule has 0 heterocycles. The van der Waals surface area contributed by atoms with Gasteiger partial charge in [0.15, 0.2) is 5.79 Å². The second-order valence-corrected chi connectivity index (χ2v) is 6.81.